The van der Waals surface area contributed by atoms with Gasteiger partial charge in [0.1, 0.15) is 5.00 Å². The van der Waals surface area contributed by atoms with E-state index in [1.165, 1.54) is 35.0 Å². The topological polar surface area (TPSA) is 46.4 Å². The van der Waals surface area contributed by atoms with E-state index in [0.717, 1.165) is 32.4 Å². The fourth-order valence-corrected chi connectivity index (χ4v) is 4.46. The van der Waals surface area contributed by atoms with Gasteiger partial charge in [-0.3, -0.25) is 9.36 Å². The second-order valence-electron chi connectivity index (χ2n) is 7.73. The average Bonchev–Trinajstić information content (AvgIpc) is 3.08. The maximum atomic E-state index is 12.0. The number of aryl methyl sites for hydroxylation is 3. The molecule has 0 atom stereocenters. The molecule has 0 radical (unpaired) electrons. The Morgan fingerprint density at radius 3 is 1.87 bits per heavy atom. The van der Waals surface area contributed by atoms with Crippen LogP contribution in [0.5, 0.6) is 0 Å². The Balaban J connectivity index is 2.04. The molecule has 1 amide bonds. The first-order valence-corrected chi connectivity index (χ1v) is 11.0. The molecule has 0 saturated heterocycles. The highest BCUT2D eigenvalue weighted by Gasteiger charge is 2.18. The highest BCUT2D eigenvalue weighted by Crippen LogP contribution is 2.33. The van der Waals surface area contributed by atoms with Crippen LogP contribution in [-0.4, -0.2) is 10.5 Å². The summed E-state index contributed by atoms with van der Waals surface area (Å²) in [5.41, 5.74) is 7.39. The van der Waals surface area contributed by atoms with Crippen molar-refractivity contribution < 1.29 is 4.79 Å². The fourth-order valence-electron chi connectivity index (χ4n) is 3.33. The quantitative estimate of drug-likeness (QED) is 0.407. The second kappa shape index (κ2) is 8.74. The molecular weight excluding hydrogens is 402 g/mol. The molecule has 0 unspecified atom stereocenters. The van der Waals surface area contributed by atoms with Gasteiger partial charge in [0.2, 0.25) is 5.91 Å². The zero-order chi connectivity index (χ0) is 22.0. The third-order valence-corrected chi connectivity index (χ3v) is 5.94. The van der Waals surface area contributed by atoms with Gasteiger partial charge >= 0.3 is 0 Å². The molecule has 0 spiro atoms. The number of hydrogen-bond donors (Lipinski definition) is 1. The van der Waals surface area contributed by atoms with E-state index in [0.29, 0.717) is 0 Å². The molecule has 0 aliphatic carbocycles. The number of nitrogens with one attached hydrogen (secondary N) is 1. The van der Waals surface area contributed by atoms with Crippen LogP contribution in [-0.2, 0) is 4.79 Å². The molecule has 4 rings (SSSR count). The van der Waals surface area contributed by atoms with E-state index in [1.807, 2.05) is 12.1 Å². The molecule has 5 heteroatoms. The fraction of sp³-hybridized carbons (Fsp3) is 0.154. The molecule has 0 aliphatic rings. The van der Waals surface area contributed by atoms with Crippen molar-refractivity contribution in [1.29, 1.82) is 0 Å². The van der Waals surface area contributed by atoms with Gasteiger partial charge < -0.3 is 5.32 Å². The second-order valence-corrected chi connectivity index (χ2v) is 8.71. The molecule has 4 aromatic rings. The number of nitrogens with zero attached hydrogens (tertiary/aromatic N) is 2. The smallest absolute Gasteiger partial charge is 0.221 e. The van der Waals surface area contributed by atoms with Gasteiger partial charge in [-0.2, -0.15) is 0 Å². The molecule has 0 bridgehead atoms. The monoisotopic (exact) mass is 427 g/mol. The average molecular weight is 428 g/mol. The van der Waals surface area contributed by atoms with Gasteiger partial charge in [0.05, 0.1) is 11.4 Å². The van der Waals surface area contributed by atoms with Crippen molar-refractivity contribution in [2.24, 2.45) is 4.99 Å². The molecule has 156 valence electrons. The van der Waals surface area contributed by atoms with Crippen LogP contribution < -0.4 is 10.1 Å². The summed E-state index contributed by atoms with van der Waals surface area (Å²) >= 11 is 1.48. The third-order valence-electron chi connectivity index (χ3n) is 4.99. The Kier molecular flexibility index (Phi) is 5.87. The first kappa shape index (κ1) is 20.8. The lowest BCUT2D eigenvalue weighted by atomic mass is 10.1. The van der Waals surface area contributed by atoms with Crippen molar-refractivity contribution >= 4 is 27.9 Å². The van der Waals surface area contributed by atoms with Gasteiger partial charge in [-0.1, -0.05) is 76.6 Å². The summed E-state index contributed by atoms with van der Waals surface area (Å²) in [6, 6.07) is 24.8. The first-order valence-electron chi connectivity index (χ1n) is 10.2. The molecule has 0 aliphatic heterocycles. The minimum absolute atomic E-state index is 0.104. The van der Waals surface area contributed by atoms with Gasteiger partial charge in [-0.05, 0) is 45.0 Å². The van der Waals surface area contributed by atoms with Crippen LogP contribution in [0.4, 0.5) is 10.7 Å². The van der Waals surface area contributed by atoms with Gasteiger partial charge in [0.15, 0.2) is 4.80 Å². The van der Waals surface area contributed by atoms with E-state index in [4.69, 9.17) is 4.99 Å². The van der Waals surface area contributed by atoms with E-state index in [1.54, 1.807) is 0 Å². The molecule has 0 saturated carbocycles. The van der Waals surface area contributed by atoms with Crippen LogP contribution >= 0.6 is 11.3 Å². The summed E-state index contributed by atoms with van der Waals surface area (Å²) in [6.45, 7) is 7.74. The Hall–Kier alpha value is -3.44. The number of anilines is 1. The summed E-state index contributed by atoms with van der Waals surface area (Å²) in [4.78, 5) is 17.7. The number of amides is 1. The zero-order valence-electron chi connectivity index (χ0n) is 18.1. The van der Waals surface area contributed by atoms with Crippen LogP contribution in [0.15, 0.2) is 77.8 Å². The van der Waals surface area contributed by atoms with Gasteiger partial charge in [0.25, 0.3) is 0 Å². The molecule has 4 nitrogen and oxygen atoms in total. The largest absolute Gasteiger partial charge is 0.316 e. The molecule has 3 aromatic carbocycles. The van der Waals surface area contributed by atoms with Crippen molar-refractivity contribution in [2.75, 3.05) is 5.32 Å². The van der Waals surface area contributed by atoms with E-state index in [2.05, 4.69) is 91.3 Å². The normalized spacial score (nSPS) is 11.5. The predicted octanol–water partition coefficient (Wildman–Crippen LogP) is 6.32. The number of thiazole rings is 1. The number of carbonyl (C=O) groups excluding carboxylic acids is 1. The Morgan fingerprint density at radius 1 is 0.806 bits per heavy atom. The van der Waals surface area contributed by atoms with E-state index < -0.39 is 0 Å². The Bertz CT molecular complexity index is 1280. The van der Waals surface area contributed by atoms with Crippen LogP contribution in [0, 0.1) is 20.8 Å². The predicted molar refractivity (Wildman–Crippen MR) is 129 cm³/mol. The van der Waals surface area contributed by atoms with E-state index >= 15 is 0 Å². The SMILES string of the molecule is CC(=O)Nc1sc(=Nc2ccc(C)cc2)n(-c2ccc(C)cc2)c1-c1ccc(C)cc1. The molecule has 31 heavy (non-hydrogen) atoms. The molecule has 0 fully saturated rings. The van der Waals surface area contributed by atoms with Gasteiger partial charge in [-0.25, -0.2) is 4.99 Å². The number of hydrogen-bond acceptors (Lipinski definition) is 3. The van der Waals surface area contributed by atoms with Crippen molar-refractivity contribution in [2.45, 2.75) is 27.7 Å². The van der Waals surface area contributed by atoms with Crippen molar-refractivity contribution in [3.63, 3.8) is 0 Å². The first-order chi connectivity index (χ1) is 14.9. The van der Waals surface area contributed by atoms with Crippen LogP contribution in [0.2, 0.25) is 0 Å². The lowest BCUT2D eigenvalue weighted by Crippen LogP contribution is -2.14. The highest BCUT2D eigenvalue weighted by molar-refractivity contribution is 7.14. The Labute approximate surface area is 186 Å². The summed E-state index contributed by atoms with van der Waals surface area (Å²) < 4.78 is 2.12. The number of carbonyl (C=O) groups is 1. The summed E-state index contributed by atoms with van der Waals surface area (Å²) in [5, 5.41) is 3.80. The summed E-state index contributed by atoms with van der Waals surface area (Å²) in [5.74, 6) is -0.104. The van der Waals surface area contributed by atoms with Crippen molar-refractivity contribution in [3.05, 3.63) is 94.3 Å². The van der Waals surface area contributed by atoms with Crippen molar-refractivity contribution in [1.82, 2.24) is 4.57 Å². The van der Waals surface area contributed by atoms with Gasteiger partial charge in [-0.15, -0.1) is 0 Å². The number of rotatable bonds is 4. The highest BCUT2D eigenvalue weighted by atomic mass is 32.1. The van der Waals surface area contributed by atoms with Crippen LogP contribution in [0.1, 0.15) is 23.6 Å². The van der Waals surface area contributed by atoms with Crippen LogP contribution in [0.3, 0.4) is 0 Å². The molecule has 1 heterocycles. The summed E-state index contributed by atoms with van der Waals surface area (Å²) in [6.07, 6.45) is 0. The van der Waals surface area contributed by atoms with Crippen LogP contribution in [0.25, 0.3) is 16.9 Å². The minimum Gasteiger partial charge on any atom is -0.316 e. The lowest BCUT2D eigenvalue weighted by molar-refractivity contribution is -0.114. The van der Waals surface area contributed by atoms with E-state index in [9.17, 15) is 4.79 Å². The zero-order valence-corrected chi connectivity index (χ0v) is 19.0. The Morgan fingerprint density at radius 2 is 1.32 bits per heavy atom. The summed E-state index contributed by atoms with van der Waals surface area (Å²) in [7, 11) is 0. The van der Waals surface area contributed by atoms with E-state index in [-0.39, 0.29) is 5.91 Å². The maximum absolute atomic E-state index is 12.0. The number of aromatic nitrogens is 1. The molecule has 1 N–H and O–H groups in total. The molecule has 1 aromatic heterocycles. The third kappa shape index (κ3) is 4.67. The number of benzene rings is 3. The minimum atomic E-state index is -0.104. The van der Waals surface area contributed by atoms with Crippen molar-refractivity contribution in [3.8, 4) is 16.9 Å². The maximum Gasteiger partial charge on any atom is 0.221 e. The lowest BCUT2D eigenvalue weighted by Gasteiger charge is -2.12. The standard InChI is InChI=1S/C26H25N3OS/c1-17-5-11-21(12-6-17)24-25(27-20(4)30)31-26(28-22-13-7-18(2)8-14-22)29(24)23-15-9-19(3)10-16-23/h5-16H,1-4H3,(H,27,30). The van der Waals surface area contributed by atoms with Gasteiger partial charge in [0, 0.05) is 18.2 Å². The molecular formula is C26H25N3OS.